The van der Waals surface area contributed by atoms with E-state index in [1.165, 1.54) is 12.1 Å². The molecule has 0 unspecified atom stereocenters. The summed E-state index contributed by atoms with van der Waals surface area (Å²) in [5.41, 5.74) is 5.43. The molecule has 3 aromatic rings. The highest BCUT2D eigenvalue weighted by Crippen LogP contribution is 2.29. The molecule has 0 aliphatic rings. The van der Waals surface area contributed by atoms with Gasteiger partial charge in [0.1, 0.15) is 0 Å². The van der Waals surface area contributed by atoms with Gasteiger partial charge in [-0.2, -0.15) is 22.7 Å². The molecule has 0 aliphatic carbocycles. The quantitative estimate of drug-likeness (QED) is 0.754. The maximum absolute atomic E-state index is 12.8. The third-order valence-electron chi connectivity index (χ3n) is 3.46. The number of hydrogen-bond acceptors (Lipinski definition) is 4. The molecule has 2 heterocycles. The van der Waals surface area contributed by atoms with Crippen LogP contribution >= 0.6 is 0 Å². The van der Waals surface area contributed by atoms with Gasteiger partial charge in [-0.25, -0.2) is 0 Å². The normalized spacial score (nSPS) is 12.0. The van der Waals surface area contributed by atoms with Gasteiger partial charge < -0.3 is 10.7 Å². The van der Waals surface area contributed by atoms with Crippen molar-refractivity contribution in [2.45, 2.75) is 19.5 Å². The van der Waals surface area contributed by atoms with E-state index >= 15 is 0 Å². The molecule has 0 spiro atoms. The van der Waals surface area contributed by atoms with Gasteiger partial charge in [0, 0.05) is 17.7 Å². The zero-order valence-corrected chi connectivity index (χ0v) is 12.0. The van der Waals surface area contributed by atoms with E-state index in [4.69, 9.17) is 5.73 Å². The van der Waals surface area contributed by atoms with Gasteiger partial charge in [-0.05, 0) is 18.6 Å². The van der Waals surface area contributed by atoms with Crippen molar-refractivity contribution < 1.29 is 13.2 Å². The minimum Gasteiger partial charge on any atom is -0.366 e. The standard InChI is InChI=1S/C14H12F3N5O/c1-7-10(11(23)22-13(19-7)20-12(18)21-22)6-8-3-2-4-9(5-8)14(15,16)17/h2-5H,6H2,1H3,(H3,18,19,20,21). The molecule has 0 atom stereocenters. The number of aromatic amines is 1. The van der Waals surface area contributed by atoms with Gasteiger partial charge in [0.15, 0.2) is 0 Å². The van der Waals surface area contributed by atoms with Gasteiger partial charge in [0.05, 0.1) is 5.56 Å². The van der Waals surface area contributed by atoms with Crippen LogP contribution in [0.4, 0.5) is 19.1 Å². The fraction of sp³-hybridized carbons (Fsp3) is 0.214. The molecular formula is C14H12F3N5O. The van der Waals surface area contributed by atoms with Crippen molar-refractivity contribution in [3.8, 4) is 0 Å². The number of fused-ring (bicyclic) bond motifs is 1. The van der Waals surface area contributed by atoms with Gasteiger partial charge in [-0.1, -0.05) is 18.2 Å². The van der Waals surface area contributed by atoms with E-state index in [2.05, 4.69) is 15.1 Å². The van der Waals surface area contributed by atoms with E-state index in [1.54, 1.807) is 6.92 Å². The highest BCUT2D eigenvalue weighted by molar-refractivity contribution is 5.38. The van der Waals surface area contributed by atoms with Crippen LogP contribution in [0.5, 0.6) is 0 Å². The van der Waals surface area contributed by atoms with E-state index in [0.717, 1.165) is 16.6 Å². The Labute approximate surface area is 127 Å². The maximum atomic E-state index is 12.8. The lowest BCUT2D eigenvalue weighted by Crippen LogP contribution is -2.22. The summed E-state index contributed by atoms with van der Waals surface area (Å²) in [6, 6.07) is 4.86. The first kappa shape index (κ1) is 15.1. The zero-order chi connectivity index (χ0) is 16.8. The number of aromatic nitrogens is 4. The molecule has 0 saturated heterocycles. The zero-order valence-electron chi connectivity index (χ0n) is 12.0. The number of alkyl halides is 3. The Morgan fingerprint density at radius 1 is 1.35 bits per heavy atom. The minimum absolute atomic E-state index is 0.0425. The maximum Gasteiger partial charge on any atom is 0.416 e. The molecule has 9 heteroatoms. The van der Waals surface area contributed by atoms with Crippen LogP contribution in [0.3, 0.4) is 0 Å². The number of hydrogen-bond donors (Lipinski definition) is 2. The van der Waals surface area contributed by atoms with Crippen LogP contribution < -0.4 is 11.3 Å². The van der Waals surface area contributed by atoms with Crippen molar-refractivity contribution in [3.63, 3.8) is 0 Å². The predicted octanol–water partition coefficient (Wildman–Crippen LogP) is 1.92. The first-order chi connectivity index (χ1) is 10.8. The van der Waals surface area contributed by atoms with Crippen molar-refractivity contribution >= 4 is 11.7 Å². The van der Waals surface area contributed by atoms with Gasteiger partial charge in [-0.3, -0.25) is 4.79 Å². The average molecular weight is 323 g/mol. The first-order valence-corrected chi connectivity index (χ1v) is 6.66. The van der Waals surface area contributed by atoms with Crippen molar-refractivity contribution in [2.75, 3.05) is 5.73 Å². The number of rotatable bonds is 2. The SMILES string of the molecule is Cc1[nH]c2nc(N)nn2c(=O)c1Cc1cccc(C(F)(F)F)c1. The largest absolute Gasteiger partial charge is 0.416 e. The van der Waals surface area contributed by atoms with E-state index < -0.39 is 17.3 Å². The molecule has 0 fully saturated rings. The number of nitrogens with zero attached hydrogens (tertiary/aromatic N) is 3. The lowest BCUT2D eigenvalue weighted by atomic mass is 10.0. The van der Waals surface area contributed by atoms with Crippen LogP contribution in [0.15, 0.2) is 29.1 Å². The molecule has 0 amide bonds. The second-order valence-electron chi connectivity index (χ2n) is 5.11. The molecule has 6 nitrogen and oxygen atoms in total. The summed E-state index contributed by atoms with van der Waals surface area (Å²) in [7, 11) is 0. The third-order valence-corrected chi connectivity index (χ3v) is 3.46. The first-order valence-electron chi connectivity index (χ1n) is 6.66. The summed E-state index contributed by atoms with van der Waals surface area (Å²) >= 11 is 0. The van der Waals surface area contributed by atoms with Crippen LogP contribution in [0, 0.1) is 6.92 Å². The second-order valence-corrected chi connectivity index (χ2v) is 5.11. The van der Waals surface area contributed by atoms with Crippen LogP contribution in [-0.2, 0) is 12.6 Å². The highest BCUT2D eigenvalue weighted by Gasteiger charge is 2.30. The van der Waals surface area contributed by atoms with Gasteiger partial charge in [0.2, 0.25) is 11.7 Å². The number of nitrogens with two attached hydrogens (primary N) is 1. The van der Waals surface area contributed by atoms with E-state index in [1.807, 2.05) is 0 Å². The Bertz CT molecular complexity index is 942. The lowest BCUT2D eigenvalue weighted by Gasteiger charge is -2.10. The molecule has 120 valence electrons. The smallest absolute Gasteiger partial charge is 0.366 e. The van der Waals surface area contributed by atoms with E-state index in [0.29, 0.717) is 16.8 Å². The molecule has 0 bridgehead atoms. The minimum atomic E-state index is -4.43. The molecule has 0 saturated carbocycles. The van der Waals surface area contributed by atoms with Crippen LogP contribution in [0.2, 0.25) is 0 Å². The monoisotopic (exact) mass is 323 g/mol. The van der Waals surface area contributed by atoms with Gasteiger partial charge >= 0.3 is 6.18 Å². The van der Waals surface area contributed by atoms with Crippen molar-refractivity contribution in [1.82, 2.24) is 19.6 Å². The molecule has 23 heavy (non-hydrogen) atoms. The fourth-order valence-electron chi connectivity index (χ4n) is 2.35. The number of anilines is 1. The molecule has 3 rings (SSSR count). The fourth-order valence-corrected chi connectivity index (χ4v) is 2.35. The summed E-state index contributed by atoms with van der Waals surface area (Å²) in [6.07, 6.45) is -4.39. The molecule has 1 aromatic carbocycles. The van der Waals surface area contributed by atoms with Crippen molar-refractivity contribution in [1.29, 1.82) is 0 Å². The van der Waals surface area contributed by atoms with Crippen LogP contribution in [0.25, 0.3) is 5.78 Å². The van der Waals surface area contributed by atoms with Crippen molar-refractivity contribution in [2.24, 2.45) is 0 Å². The molecular weight excluding hydrogens is 311 g/mol. The van der Waals surface area contributed by atoms with Crippen LogP contribution in [0.1, 0.15) is 22.4 Å². The molecule has 3 N–H and O–H groups in total. The Balaban J connectivity index is 2.07. The topological polar surface area (TPSA) is 89.1 Å². The summed E-state index contributed by atoms with van der Waals surface area (Å²) in [6.45, 7) is 1.65. The number of halogens is 3. The summed E-state index contributed by atoms with van der Waals surface area (Å²) in [5.74, 6) is 0.131. The van der Waals surface area contributed by atoms with Gasteiger partial charge in [0.25, 0.3) is 5.56 Å². The van der Waals surface area contributed by atoms with Crippen LogP contribution in [-0.4, -0.2) is 19.6 Å². The Kier molecular flexibility index (Phi) is 3.35. The number of aryl methyl sites for hydroxylation is 1. The molecule has 0 aliphatic heterocycles. The third kappa shape index (κ3) is 2.77. The number of H-pyrrole nitrogens is 1. The van der Waals surface area contributed by atoms with E-state index in [-0.39, 0.29) is 18.1 Å². The average Bonchev–Trinajstić information content (AvgIpc) is 2.83. The summed E-state index contributed by atoms with van der Waals surface area (Å²) in [4.78, 5) is 19.1. The number of benzene rings is 1. The lowest BCUT2D eigenvalue weighted by molar-refractivity contribution is -0.137. The van der Waals surface area contributed by atoms with E-state index in [9.17, 15) is 18.0 Å². The molecule has 0 radical (unpaired) electrons. The Morgan fingerprint density at radius 2 is 2.09 bits per heavy atom. The van der Waals surface area contributed by atoms with Gasteiger partial charge in [-0.15, -0.1) is 5.10 Å². The number of nitrogens with one attached hydrogen (secondary N) is 1. The highest BCUT2D eigenvalue weighted by atomic mass is 19.4. The number of nitrogen functional groups attached to an aromatic ring is 1. The predicted molar refractivity (Wildman–Crippen MR) is 77.0 cm³/mol. The van der Waals surface area contributed by atoms with Crippen molar-refractivity contribution in [3.05, 3.63) is 57.0 Å². The Hall–Kier alpha value is -2.84. The summed E-state index contributed by atoms with van der Waals surface area (Å²) < 4.78 is 39.3. The summed E-state index contributed by atoms with van der Waals surface area (Å²) in [5, 5.41) is 3.77. The Morgan fingerprint density at radius 3 is 2.78 bits per heavy atom. The molecule has 2 aromatic heterocycles. The second kappa shape index (κ2) is 5.11.